The van der Waals surface area contributed by atoms with Crippen LogP contribution in [0.15, 0.2) is 0 Å². The fourth-order valence-corrected chi connectivity index (χ4v) is 2.80. The summed E-state index contributed by atoms with van der Waals surface area (Å²) in [5, 5.41) is 3.50. The minimum Gasteiger partial charge on any atom is -0.330 e. The van der Waals surface area contributed by atoms with Crippen LogP contribution in [-0.2, 0) is 0 Å². The second kappa shape index (κ2) is 3.11. The third kappa shape index (κ3) is 1.30. The molecule has 2 atom stereocenters. The minimum absolute atomic E-state index is 0.838. The third-order valence-electron chi connectivity index (χ3n) is 3.45. The molecule has 2 unspecified atom stereocenters. The number of rotatable bonds is 1. The molecule has 64 valence electrons. The van der Waals surface area contributed by atoms with Gasteiger partial charge < -0.3 is 11.1 Å². The lowest BCUT2D eigenvalue weighted by atomic mass is 9.70. The zero-order valence-electron chi connectivity index (χ0n) is 7.05. The molecule has 2 nitrogen and oxygen atoms in total. The quantitative estimate of drug-likeness (QED) is 0.580. The smallest absolute Gasteiger partial charge is 0.00172 e. The number of piperidine rings is 1. The van der Waals surface area contributed by atoms with E-state index in [2.05, 4.69) is 5.32 Å². The van der Waals surface area contributed by atoms with E-state index in [9.17, 15) is 0 Å². The average Bonchev–Trinajstić information content (AvgIpc) is 2.03. The van der Waals surface area contributed by atoms with Crippen LogP contribution < -0.4 is 11.1 Å². The molecule has 11 heavy (non-hydrogen) atoms. The first-order chi connectivity index (χ1) is 5.42. The van der Waals surface area contributed by atoms with E-state index in [-0.39, 0.29) is 0 Å². The van der Waals surface area contributed by atoms with Crippen LogP contribution in [0.3, 0.4) is 0 Å². The molecule has 0 spiro atoms. The van der Waals surface area contributed by atoms with E-state index in [1.54, 1.807) is 0 Å². The zero-order valence-corrected chi connectivity index (χ0v) is 7.05. The Labute approximate surface area is 68.5 Å². The summed E-state index contributed by atoms with van der Waals surface area (Å²) >= 11 is 0. The molecule has 0 radical (unpaired) electrons. The van der Waals surface area contributed by atoms with E-state index in [4.69, 9.17) is 5.73 Å². The van der Waals surface area contributed by atoms with Crippen LogP contribution in [0.1, 0.15) is 19.3 Å². The largest absolute Gasteiger partial charge is 0.330 e. The Morgan fingerprint density at radius 1 is 1.18 bits per heavy atom. The van der Waals surface area contributed by atoms with Crippen molar-refractivity contribution in [2.24, 2.45) is 23.5 Å². The van der Waals surface area contributed by atoms with Crippen molar-refractivity contribution in [3.8, 4) is 0 Å². The lowest BCUT2D eigenvalue weighted by Gasteiger charge is -2.42. The van der Waals surface area contributed by atoms with Gasteiger partial charge in [0.25, 0.3) is 0 Å². The van der Waals surface area contributed by atoms with E-state index in [1.807, 2.05) is 0 Å². The second-order valence-electron chi connectivity index (χ2n) is 4.01. The number of hydrogen-bond acceptors (Lipinski definition) is 2. The maximum absolute atomic E-state index is 5.77. The van der Waals surface area contributed by atoms with Crippen molar-refractivity contribution >= 4 is 0 Å². The molecule has 0 aromatic carbocycles. The lowest BCUT2D eigenvalue weighted by molar-refractivity contribution is 0.115. The number of hydrogen-bond donors (Lipinski definition) is 2. The molecular formula is C9H18N2. The fourth-order valence-electron chi connectivity index (χ4n) is 2.80. The van der Waals surface area contributed by atoms with Crippen molar-refractivity contribution < 1.29 is 0 Å². The van der Waals surface area contributed by atoms with Crippen LogP contribution in [0, 0.1) is 17.8 Å². The molecule has 0 aromatic rings. The van der Waals surface area contributed by atoms with Gasteiger partial charge >= 0.3 is 0 Å². The predicted molar refractivity (Wildman–Crippen MR) is 46.2 cm³/mol. The van der Waals surface area contributed by atoms with Gasteiger partial charge in [-0.25, -0.2) is 0 Å². The predicted octanol–water partition coefficient (Wildman–Crippen LogP) is 0.581. The van der Waals surface area contributed by atoms with Crippen LogP contribution in [-0.4, -0.2) is 19.6 Å². The lowest BCUT2D eigenvalue weighted by Crippen LogP contribution is -2.48. The summed E-state index contributed by atoms with van der Waals surface area (Å²) < 4.78 is 0. The van der Waals surface area contributed by atoms with Gasteiger partial charge in [-0.05, 0) is 50.2 Å². The highest BCUT2D eigenvalue weighted by atomic mass is 14.9. The van der Waals surface area contributed by atoms with Crippen LogP contribution in [0.5, 0.6) is 0 Å². The van der Waals surface area contributed by atoms with Crippen LogP contribution in [0.2, 0.25) is 0 Å². The van der Waals surface area contributed by atoms with Crippen molar-refractivity contribution in [2.75, 3.05) is 19.6 Å². The van der Waals surface area contributed by atoms with Gasteiger partial charge in [0.05, 0.1) is 0 Å². The van der Waals surface area contributed by atoms with Crippen LogP contribution in [0.25, 0.3) is 0 Å². The summed E-state index contributed by atoms with van der Waals surface area (Å²) in [6.07, 6.45) is 4.25. The Bertz CT molecular complexity index is 114. The molecule has 2 rings (SSSR count). The Morgan fingerprint density at radius 3 is 2.27 bits per heavy atom. The van der Waals surface area contributed by atoms with Gasteiger partial charge in [-0.2, -0.15) is 0 Å². The highest BCUT2D eigenvalue weighted by Crippen LogP contribution is 2.35. The number of nitrogens with two attached hydrogens (primary N) is 1. The summed E-state index contributed by atoms with van der Waals surface area (Å²) in [5.74, 6) is 2.63. The Morgan fingerprint density at radius 2 is 1.82 bits per heavy atom. The van der Waals surface area contributed by atoms with Gasteiger partial charge in [0.15, 0.2) is 0 Å². The maximum Gasteiger partial charge on any atom is -0.00172 e. The SMILES string of the molecule is NCC1C2CCCC1CNC2. The van der Waals surface area contributed by atoms with Crippen molar-refractivity contribution in [3.05, 3.63) is 0 Å². The van der Waals surface area contributed by atoms with E-state index in [0.717, 1.165) is 24.3 Å². The third-order valence-corrected chi connectivity index (χ3v) is 3.45. The molecule has 0 amide bonds. The molecule has 1 saturated carbocycles. The molecule has 1 heterocycles. The van der Waals surface area contributed by atoms with E-state index >= 15 is 0 Å². The molecule has 3 N–H and O–H groups in total. The summed E-state index contributed by atoms with van der Waals surface area (Å²) in [5.41, 5.74) is 5.77. The standard InChI is InChI=1S/C9H18N2/c10-4-9-7-2-1-3-8(9)6-11-5-7/h7-9,11H,1-6,10H2. The highest BCUT2D eigenvalue weighted by molar-refractivity contribution is 4.88. The highest BCUT2D eigenvalue weighted by Gasteiger charge is 2.34. The number of fused-ring (bicyclic) bond motifs is 2. The van der Waals surface area contributed by atoms with Crippen LogP contribution >= 0.6 is 0 Å². The van der Waals surface area contributed by atoms with Crippen molar-refractivity contribution in [3.63, 3.8) is 0 Å². The fraction of sp³-hybridized carbons (Fsp3) is 1.00. The molecule has 2 bridgehead atoms. The van der Waals surface area contributed by atoms with Crippen molar-refractivity contribution in [1.82, 2.24) is 5.32 Å². The molecule has 1 aliphatic carbocycles. The number of nitrogens with one attached hydrogen (secondary N) is 1. The summed E-state index contributed by atoms with van der Waals surface area (Å²) in [7, 11) is 0. The van der Waals surface area contributed by atoms with Gasteiger partial charge in [-0.15, -0.1) is 0 Å². The first-order valence-corrected chi connectivity index (χ1v) is 4.82. The van der Waals surface area contributed by atoms with Crippen molar-refractivity contribution in [2.45, 2.75) is 19.3 Å². The topological polar surface area (TPSA) is 38.0 Å². The van der Waals surface area contributed by atoms with Gasteiger partial charge in [0.2, 0.25) is 0 Å². The van der Waals surface area contributed by atoms with E-state index < -0.39 is 0 Å². The first-order valence-electron chi connectivity index (χ1n) is 4.82. The molecule has 1 saturated heterocycles. The molecule has 0 aromatic heterocycles. The average molecular weight is 154 g/mol. The van der Waals surface area contributed by atoms with Gasteiger partial charge in [0.1, 0.15) is 0 Å². The Balaban J connectivity index is 2.04. The Kier molecular flexibility index (Phi) is 2.14. The van der Waals surface area contributed by atoms with Gasteiger partial charge in [-0.3, -0.25) is 0 Å². The summed E-state index contributed by atoms with van der Waals surface area (Å²) in [6, 6.07) is 0. The monoisotopic (exact) mass is 154 g/mol. The van der Waals surface area contributed by atoms with E-state index in [1.165, 1.54) is 32.4 Å². The normalized spacial score (nSPS) is 43.9. The first kappa shape index (κ1) is 7.56. The van der Waals surface area contributed by atoms with Gasteiger partial charge in [-0.1, -0.05) is 6.42 Å². The second-order valence-corrected chi connectivity index (χ2v) is 4.01. The zero-order chi connectivity index (χ0) is 7.68. The van der Waals surface area contributed by atoms with Gasteiger partial charge in [0, 0.05) is 0 Å². The Hall–Kier alpha value is -0.0800. The van der Waals surface area contributed by atoms with Crippen molar-refractivity contribution in [1.29, 1.82) is 0 Å². The molecule has 2 fully saturated rings. The maximum atomic E-state index is 5.77. The minimum atomic E-state index is 0.838. The summed E-state index contributed by atoms with van der Waals surface area (Å²) in [4.78, 5) is 0. The molecule has 1 aliphatic heterocycles. The molecule has 2 aliphatic rings. The molecular weight excluding hydrogens is 136 g/mol. The summed E-state index contributed by atoms with van der Waals surface area (Å²) in [6.45, 7) is 3.35. The van der Waals surface area contributed by atoms with E-state index in [0.29, 0.717) is 0 Å². The molecule has 2 heteroatoms. The van der Waals surface area contributed by atoms with Crippen LogP contribution in [0.4, 0.5) is 0 Å².